The molecule has 1 aliphatic heterocycles. The summed E-state index contributed by atoms with van der Waals surface area (Å²) in [6, 6.07) is 8.02. The van der Waals surface area contributed by atoms with Gasteiger partial charge in [-0.3, -0.25) is 0 Å². The highest BCUT2D eigenvalue weighted by Gasteiger charge is 2.23. The van der Waals surface area contributed by atoms with Crippen molar-refractivity contribution in [3.8, 4) is 5.75 Å². The van der Waals surface area contributed by atoms with E-state index in [4.69, 9.17) is 9.47 Å². The molecule has 1 saturated carbocycles. The predicted molar refractivity (Wildman–Crippen MR) is 93.1 cm³/mol. The molecule has 5 nitrogen and oxygen atoms in total. The van der Waals surface area contributed by atoms with Crippen molar-refractivity contribution in [2.45, 2.75) is 57.7 Å². The number of nitrogens with one attached hydrogen (secondary N) is 2. The molecule has 1 saturated heterocycles. The lowest BCUT2D eigenvalue weighted by Crippen LogP contribution is -2.44. The molecule has 1 aromatic carbocycles. The molecule has 2 N–H and O–H groups in total. The number of hydrogen-bond acceptors (Lipinski definition) is 3. The van der Waals surface area contributed by atoms with E-state index < -0.39 is 0 Å². The van der Waals surface area contributed by atoms with E-state index in [2.05, 4.69) is 10.6 Å². The van der Waals surface area contributed by atoms with E-state index >= 15 is 0 Å². The number of carbonyl (C=O) groups excluding carboxylic acids is 1. The van der Waals surface area contributed by atoms with Crippen LogP contribution in [0, 0.1) is 5.92 Å². The first kappa shape index (κ1) is 17.1. The highest BCUT2D eigenvalue weighted by molar-refractivity contribution is 5.74. The number of urea groups is 1. The van der Waals surface area contributed by atoms with Crippen LogP contribution in [-0.2, 0) is 11.3 Å². The van der Waals surface area contributed by atoms with E-state index in [0.717, 1.165) is 43.8 Å². The minimum atomic E-state index is -0.124. The van der Waals surface area contributed by atoms with Gasteiger partial charge in [0.05, 0.1) is 12.7 Å². The molecule has 3 rings (SSSR count). The molecule has 2 amide bonds. The Morgan fingerprint density at radius 1 is 1.25 bits per heavy atom. The first-order chi connectivity index (χ1) is 11.7. The summed E-state index contributed by atoms with van der Waals surface area (Å²) in [6.45, 7) is 4.09. The van der Waals surface area contributed by atoms with Crippen LogP contribution in [0.4, 0.5) is 4.79 Å². The number of carbonyl (C=O) groups is 1. The summed E-state index contributed by atoms with van der Waals surface area (Å²) in [6.07, 6.45) is 6.26. The summed E-state index contributed by atoms with van der Waals surface area (Å²) < 4.78 is 11.3. The second kappa shape index (κ2) is 8.38. The third-order valence-corrected chi connectivity index (χ3v) is 5.01. The molecule has 1 aromatic rings. The maximum atomic E-state index is 12.0. The molecule has 2 aliphatic rings. The fourth-order valence-corrected chi connectivity index (χ4v) is 3.39. The van der Waals surface area contributed by atoms with Crippen LogP contribution in [0.3, 0.4) is 0 Å². The van der Waals surface area contributed by atoms with E-state index in [1.807, 2.05) is 31.2 Å². The molecule has 1 aliphatic carbocycles. The largest absolute Gasteiger partial charge is 0.490 e. The zero-order chi connectivity index (χ0) is 16.8. The van der Waals surface area contributed by atoms with Gasteiger partial charge < -0.3 is 20.1 Å². The summed E-state index contributed by atoms with van der Waals surface area (Å²) in [7, 11) is 0. The summed E-state index contributed by atoms with van der Waals surface area (Å²) in [5.74, 6) is 1.34. The molecule has 2 fully saturated rings. The first-order valence-electron chi connectivity index (χ1n) is 9.08. The van der Waals surface area contributed by atoms with Gasteiger partial charge in [-0.15, -0.1) is 0 Å². The minimum Gasteiger partial charge on any atom is -0.490 e. The van der Waals surface area contributed by atoms with Crippen LogP contribution in [0.25, 0.3) is 0 Å². The predicted octanol–water partition coefficient (Wildman–Crippen LogP) is 3.23. The Hall–Kier alpha value is -1.75. The number of rotatable bonds is 6. The van der Waals surface area contributed by atoms with Crippen LogP contribution in [-0.4, -0.2) is 31.4 Å². The maximum Gasteiger partial charge on any atom is 0.315 e. The average Bonchev–Trinajstić information content (AvgIpc) is 3.28. The highest BCUT2D eigenvalue weighted by atomic mass is 16.5. The smallest absolute Gasteiger partial charge is 0.315 e. The summed E-state index contributed by atoms with van der Waals surface area (Å²) in [5.41, 5.74) is 1.07. The molecule has 0 unspecified atom stereocenters. The van der Waals surface area contributed by atoms with Gasteiger partial charge in [0.1, 0.15) is 5.75 Å². The van der Waals surface area contributed by atoms with Crippen LogP contribution in [0.5, 0.6) is 5.75 Å². The number of benzene rings is 1. The van der Waals surface area contributed by atoms with Gasteiger partial charge >= 0.3 is 6.03 Å². The van der Waals surface area contributed by atoms with E-state index in [1.54, 1.807) is 0 Å². The number of ether oxygens (including phenoxy) is 2. The lowest BCUT2D eigenvalue weighted by atomic mass is 10.0. The van der Waals surface area contributed by atoms with Crippen molar-refractivity contribution in [2.75, 3.05) is 13.2 Å². The second-order valence-electron chi connectivity index (χ2n) is 6.91. The van der Waals surface area contributed by atoms with E-state index in [0.29, 0.717) is 18.6 Å². The zero-order valence-electron chi connectivity index (χ0n) is 14.4. The Kier molecular flexibility index (Phi) is 5.96. The Labute approximate surface area is 144 Å². The lowest BCUT2D eigenvalue weighted by Gasteiger charge is -2.19. The number of amides is 2. The molecular formula is C19H28N2O3. The fourth-order valence-electron chi connectivity index (χ4n) is 3.39. The van der Waals surface area contributed by atoms with Gasteiger partial charge in [-0.05, 0) is 56.7 Å². The van der Waals surface area contributed by atoms with Gasteiger partial charge in [0, 0.05) is 25.1 Å². The molecule has 2 atom stereocenters. The molecule has 0 radical (unpaired) electrons. The molecule has 132 valence electrons. The van der Waals surface area contributed by atoms with Crippen molar-refractivity contribution in [3.05, 3.63) is 29.8 Å². The van der Waals surface area contributed by atoms with Crippen molar-refractivity contribution in [3.63, 3.8) is 0 Å². The Balaban J connectivity index is 1.39. The van der Waals surface area contributed by atoms with Crippen molar-refractivity contribution in [2.24, 2.45) is 5.92 Å². The monoisotopic (exact) mass is 332 g/mol. The van der Waals surface area contributed by atoms with E-state index in [-0.39, 0.29) is 12.1 Å². The van der Waals surface area contributed by atoms with Crippen LogP contribution in [0.15, 0.2) is 24.3 Å². The van der Waals surface area contributed by atoms with Crippen LogP contribution >= 0.6 is 0 Å². The molecule has 0 bridgehead atoms. The van der Waals surface area contributed by atoms with Gasteiger partial charge in [-0.2, -0.15) is 0 Å². The summed E-state index contributed by atoms with van der Waals surface area (Å²) >= 11 is 0. The molecule has 0 spiro atoms. The Morgan fingerprint density at radius 3 is 2.67 bits per heavy atom. The SMILES string of the molecule is C[C@@H](NC(=O)NCc1ccc(OC2CCCC2)cc1)[C@@H]1CCOC1. The van der Waals surface area contributed by atoms with Gasteiger partial charge in [0.25, 0.3) is 0 Å². The topological polar surface area (TPSA) is 59.6 Å². The highest BCUT2D eigenvalue weighted by Crippen LogP contribution is 2.24. The van der Waals surface area contributed by atoms with Crippen LogP contribution < -0.4 is 15.4 Å². The zero-order valence-corrected chi connectivity index (χ0v) is 14.4. The summed E-state index contributed by atoms with van der Waals surface area (Å²) in [5, 5.41) is 5.91. The second-order valence-corrected chi connectivity index (χ2v) is 6.91. The summed E-state index contributed by atoms with van der Waals surface area (Å²) in [4.78, 5) is 12.0. The lowest BCUT2D eigenvalue weighted by molar-refractivity contribution is 0.178. The standard InChI is InChI=1S/C19H28N2O3/c1-14(16-10-11-23-13-16)21-19(22)20-12-15-6-8-18(9-7-15)24-17-4-2-3-5-17/h6-9,14,16-17H,2-5,10-13H2,1H3,(H2,20,21,22)/t14-,16-/m1/s1. The van der Waals surface area contributed by atoms with Crippen LogP contribution in [0.1, 0.15) is 44.6 Å². The van der Waals surface area contributed by atoms with Gasteiger partial charge in [-0.1, -0.05) is 12.1 Å². The van der Waals surface area contributed by atoms with E-state index in [1.165, 1.54) is 12.8 Å². The van der Waals surface area contributed by atoms with Crippen molar-refractivity contribution < 1.29 is 14.3 Å². The maximum absolute atomic E-state index is 12.0. The van der Waals surface area contributed by atoms with Crippen LogP contribution in [0.2, 0.25) is 0 Å². The Bertz CT molecular complexity index is 520. The normalized spacial score (nSPS) is 22.3. The van der Waals surface area contributed by atoms with Crippen molar-refractivity contribution >= 4 is 6.03 Å². The van der Waals surface area contributed by atoms with Crippen molar-refractivity contribution in [1.82, 2.24) is 10.6 Å². The fraction of sp³-hybridized carbons (Fsp3) is 0.632. The molecule has 0 aromatic heterocycles. The Morgan fingerprint density at radius 2 is 2.00 bits per heavy atom. The van der Waals surface area contributed by atoms with Gasteiger partial charge in [0.2, 0.25) is 0 Å². The number of hydrogen-bond donors (Lipinski definition) is 2. The van der Waals surface area contributed by atoms with E-state index in [9.17, 15) is 4.79 Å². The average molecular weight is 332 g/mol. The van der Waals surface area contributed by atoms with Gasteiger partial charge in [0.15, 0.2) is 0 Å². The van der Waals surface area contributed by atoms with Crippen molar-refractivity contribution in [1.29, 1.82) is 0 Å². The molecular weight excluding hydrogens is 304 g/mol. The first-order valence-corrected chi connectivity index (χ1v) is 9.08. The molecule has 24 heavy (non-hydrogen) atoms. The quantitative estimate of drug-likeness (QED) is 0.841. The molecule has 1 heterocycles. The molecule has 5 heteroatoms. The third kappa shape index (κ3) is 4.87. The third-order valence-electron chi connectivity index (χ3n) is 5.01. The van der Waals surface area contributed by atoms with Gasteiger partial charge in [-0.25, -0.2) is 4.79 Å². The minimum absolute atomic E-state index is 0.124.